The minimum Gasteiger partial charge on any atom is -0.346 e. The monoisotopic (exact) mass is 257 g/mol. The number of pyridine rings is 1. The zero-order chi connectivity index (χ0) is 13.2. The molecule has 3 rings (SSSR count). The molecule has 4 heteroatoms. The molecular formula is C15H19N3O. The molecule has 0 spiro atoms. The number of fused-ring (bicyclic) bond motifs is 1. The minimum absolute atomic E-state index is 0.233. The van der Waals surface area contributed by atoms with Crippen molar-refractivity contribution in [1.82, 2.24) is 14.9 Å². The van der Waals surface area contributed by atoms with Crippen molar-refractivity contribution >= 4 is 16.9 Å². The fraction of sp³-hybridized carbons (Fsp3) is 0.467. The highest BCUT2D eigenvalue weighted by Crippen LogP contribution is 2.20. The van der Waals surface area contributed by atoms with Gasteiger partial charge in [-0.3, -0.25) is 4.79 Å². The Morgan fingerprint density at radius 1 is 1.47 bits per heavy atom. The van der Waals surface area contributed by atoms with Gasteiger partial charge in [0.15, 0.2) is 0 Å². The third-order valence-corrected chi connectivity index (χ3v) is 4.01. The standard InChI is InChI=1S/C15H19N3O/c1-11-4-7-18(8-5-11)14(19)9-12-10-17-15-13(12)3-2-6-16-15/h2-3,6,10-11H,4-5,7-9H2,1H3,(H,16,17). The molecule has 2 aromatic heterocycles. The highest BCUT2D eigenvalue weighted by Gasteiger charge is 2.21. The van der Waals surface area contributed by atoms with Gasteiger partial charge in [-0.25, -0.2) is 4.98 Å². The van der Waals surface area contributed by atoms with Crippen LogP contribution in [0.3, 0.4) is 0 Å². The number of likely N-dealkylation sites (tertiary alicyclic amines) is 1. The van der Waals surface area contributed by atoms with E-state index in [9.17, 15) is 4.79 Å². The number of H-pyrrole nitrogens is 1. The first-order valence-corrected chi connectivity index (χ1v) is 6.93. The van der Waals surface area contributed by atoms with E-state index in [1.807, 2.05) is 23.2 Å². The Balaban J connectivity index is 1.72. The first-order chi connectivity index (χ1) is 9.24. The Kier molecular flexibility index (Phi) is 3.23. The van der Waals surface area contributed by atoms with Crippen molar-refractivity contribution in [2.75, 3.05) is 13.1 Å². The van der Waals surface area contributed by atoms with E-state index >= 15 is 0 Å². The third-order valence-electron chi connectivity index (χ3n) is 4.01. The molecule has 1 saturated heterocycles. The highest BCUT2D eigenvalue weighted by atomic mass is 16.2. The van der Waals surface area contributed by atoms with Crippen molar-refractivity contribution in [1.29, 1.82) is 0 Å². The van der Waals surface area contributed by atoms with Gasteiger partial charge < -0.3 is 9.88 Å². The predicted octanol–water partition coefficient (Wildman–Crippen LogP) is 2.36. The summed E-state index contributed by atoms with van der Waals surface area (Å²) >= 11 is 0. The van der Waals surface area contributed by atoms with Crippen molar-refractivity contribution in [2.45, 2.75) is 26.2 Å². The second-order valence-corrected chi connectivity index (χ2v) is 5.45. The molecule has 2 aromatic rings. The molecule has 3 heterocycles. The molecule has 0 atom stereocenters. The maximum Gasteiger partial charge on any atom is 0.227 e. The van der Waals surface area contributed by atoms with Crippen LogP contribution in [0.5, 0.6) is 0 Å². The van der Waals surface area contributed by atoms with Gasteiger partial charge in [0, 0.05) is 30.9 Å². The first kappa shape index (κ1) is 12.2. The summed E-state index contributed by atoms with van der Waals surface area (Å²) in [6.45, 7) is 4.06. The van der Waals surface area contributed by atoms with E-state index in [0.717, 1.165) is 48.4 Å². The Morgan fingerprint density at radius 2 is 2.26 bits per heavy atom. The molecule has 0 aromatic carbocycles. The molecule has 1 aliphatic rings. The van der Waals surface area contributed by atoms with Crippen molar-refractivity contribution in [3.8, 4) is 0 Å². The number of rotatable bonds is 2. The molecule has 19 heavy (non-hydrogen) atoms. The normalized spacial score (nSPS) is 17.0. The lowest BCUT2D eigenvalue weighted by Crippen LogP contribution is -2.38. The molecule has 0 saturated carbocycles. The molecule has 1 aliphatic heterocycles. The Bertz CT molecular complexity index is 582. The topological polar surface area (TPSA) is 49.0 Å². The van der Waals surface area contributed by atoms with E-state index in [1.165, 1.54) is 0 Å². The summed E-state index contributed by atoms with van der Waals surface area (Å²) in [5, 5.41) is 1.06. The molecule has 0 bridgehead atoms. The summed E-state index contributed by atoms with van der Waals surface area (Å²) in [6, 6.07) is 3.92. The van der Waals surface area contributed by atoms with Gasteiger partial charge >= 0.3 is 0 Å². The molecule has 1 fully saturated rings. The van der Waals surface area contributed by atoms with Crippen LogP contribution in [0, 0.1) is 5.92 Å². The summed E-state index contributed by atoms with van der Waals surface area (Å²) < 4.78 is 0. The number of hydrogen-bond acceptors (Lipinski definition) is 2. The van der Waals surface area contributed by atoms with Gasteiger partial charge in [0.05, 0.1) is 6.42 Å². The number of aromatic nitrogens is 2. The summed E-state index contributed by atoms with van der Waals surface area (Å²) in [7, 11) is 0. The Labute approximate surface area is 112 Å². The minimum atomic E-state index is 0.233. The van der Waals surface area contributed by atoms with Crippen LogP contribution in [0.15, 0.2) is 24.5 Å². The van der Waals surface area contributed by atoms with Crippen LogP contribution in [-0.4, -0.2) is 33.9 Å². The molecule has 1 N–H and O–H groups in total. The zero-order valence-corrected chi connectivity index (χ0v) is 11.2. The average Bonchev–Trinajstić information content (AvgIpc) is 2.83. The van der Waals surface area contributed by atoms with Crippen LogP contribution < -0.4 is 0 Å². The van der Waals surface area contributed by atoms with Gasteiger partial charge in [-0.1, -0.05) is 6.92 Å². The van der Waals surface area contributed by atoms with Crippen molar-refractivity contribution in [3.63, 3.8) is 0 Å². The third kappa shape index (κ3) is 2.48. The van der Waals surface area contributed by atoms with Crippen molar-refractivity contribution in [3.05, 3.63) is 30.1 Å². The van der Waals surface area contributed by atoms with Crippen LogP contribution in [0.2, 0.25) is 0 Å². The van der Waals surface area contributed by atoms with Gasteiger partial charge in [0.1, 0.15) is 5.65 Å². The van der Waals surface area contributed by atoms with Gasteiger partial charge in [0.25, 0.3) is 0 Å². The first-order valence-electron chi connectivity index (χ1n) is 6.93. The number of carbonyl (C=O) groups excluding carboxylic acids is 1. The van der Waals surface area contributed by atoms with Crippen LogP contribution >= 0.6 is 0 Å². The lowest BCUT2D eigenvalue weighted by Gasteiger charge is -2.30. The molecule has 0 unspecified atom stereocenters. The number of carbonyl (C=O) groups is 1. The second-order valence-electron chi connectivity index (χ2n) is 5.45. The Hall–Kier alpha value is -1.84. The van der Waals surface area contributed by atoms with E-state index in [4.69, 9.17) is 0 Å². The van der Waals surface area contributed by atoms with Gasteiger partial charge in [-0.2, -0.15) is 0 Å². The fourth-order valence-corrected chi connectivity index (χ4v) is 2.69. The summed E-state index contributed by atoms with van der Waals surface area (Å²) in [5.74, 6) is 0.984. The lowest BCUT2D eigenvalue weighted by molar-refractivity contribution is -0.131. The van der Waals surface area contributed by atoms with E-state index < -0.39 is 0 Å². The number of nitrogens with one attached hydrogen (secondary N) is 1. The van der Waals surface area contributed by atoms with E-state index in [1.54, 1.807) is 6.20 Å². The second kappa shape index (κ2) is 5.03. The Morgan fingerprint density at radius 3 is 3.05 bits per heavy atom. The number of nitrogens with zero attached hydrogens (tertiary/aromatic N) is 2. The molecule has 0 radical (unpaired) electrons. The van der Waals surface area contributed by atoms with Gasteiger partial charge in [0.2, 0.25) is 5.91 Å². The van der Waals surface area contributed by atoms with E-state index in [0.29, 0.717) is 6.42 Å². The number of hydrogen-bond donors (Lipinski definition) is 1. The molecule has 1 amide bonds. The highest BCUT2D eigenvalue weighted by molar-refractivity contribution is 5.87. The van der Waals surface area contributed by atoms with Gasteiger partial charge in [-0.05, 0) is 36.5 Å². The number of aromatic amines is 1. The SMILES string of the molecule is CC1CCN(C(=O)Cc2c[nH]c3ncccc23)CC1. The summed E-state index contributed by atoms with van der Waals surface area (Å²) in [4.78, 5) is 21.7. The maximum atomic E-state index is 12.3. The average molecular weight is 257 g/mol. The maximum absolute atomic E-state index is 12.3. The largest absolute Gasteiger partial charge is 0.346 e. The zero-order valence-electron chi connectivity index (χ0n) is 11.2. The van der Waals surface area contributed by atoms with E-state index in [2.05, 4.69) is 16.9 Å². The van der Waals surface area contributed by atoms with Crippen LogP contribution in [-0.2, 0) is 11.2 Å². The van der Waals surface area contributed by atoms with Crippen LogP contribution in [0.25, 0.3) is 11.0 Å². The van der Waals surface area contributed by atoms with Crippen molar-refractivity contribution < 1.29 is 4.79 Å². The van der Waals surface area contributed by atoms with Crippen molar-refractivity contribution in [2.24, 2.45) is 5.92 Å². The lowest BCUT2D eigenvalue weighted by atomic mass is 9.98. The summed E-state index contributed by atoms with van der Waals surface area (Å²) in [5.41, 5.74) is 1.91. The van der Waals surface area contributed by atoms with Crippen LogP contribution in [0.4, 0.5) is 0 Å². The number of amides is 1. The molecular weight excluding hydrogens is 238 g/mol. The molecule has 100 valence electrons. The molecule has 4 nitrogen and oxygen atoms in total. The van der Waals surface area contributed by atoms with Gasteiger partial charge in [-0.15, -0.1) is 0 Å². The smallest absolute Gasteiger partial charge is 0.227 e. The van der Waals surface area contributed by atoms with Crippen LogP contribution in [0.1, 0.15) is 25.3 Å². The predicted molar refractivity (Wildman–Crippen MR) is 74.8 cm³/mol. The van der Waals surface area contributed by atoms with E-state index in [-0.39, 0.29) is 5.91 Å². The fourth-order valence-electron chi connectivity index (χ4n) is 2.69. The quantitative estimate of drug-likeness (QED) is 0.898. The molecule has 0 aliphatic carbocycles. The number of piperidine rings is 1. The summed E-state index contributed by atoms with van der Waals surface area (Å²) in [6.07, 6.45) is 6.39.